The molecule has 1 N–H and O–H groups in total. The number of nitrogens with one attached hydrogen (secondary N) is 1. The zero-order chi connectivity index (χ0) is 30.0. The number of amides is 2. The number of carbonyl (C=O) groups is 2. The Balaban J connectivity index is 1.89. The Hall–Kier alpha value is -3.36. The molecule has 0 saturated heterocycles. The molecule has 2 amide bonds. The van der Waals surface area contributed by atoms with Gasteiger partial charge in [-0.1, -0.05) is 84.8 Å². The highest BCUT2D eigenvalue weighted by Gasteiger charge is 2.31. The smallest absolute Gasteiger partial charge is 0.243 e. The monoisotopic (exact) mass is 597 g/mol. The zero-order valence-corrected chi connectivity index (χ0v) is 25.8. The van der Waals surface area contributed by atoms with Crippen LogP contribution < -0.4 is 9.62 Å². The van der Waals surface area contributed by atoms with E-state index in [1.807, 2.05) is 75.4 Å². The van der Waals surface area contributed by atoms with Gasteiger partial charge in [0.1, 0.15) is 6.04 Å². The first-order chi connectivity index (χ1) is 19.5. The van der Waals surface area contributed by atoms with Crippen molar-refractivity contribution in [3.63, 3.8) is 0 Å². The quantitative estimate of drug-likeness (QED) is 0.256. The Kier molecular flexibility index (Phi) is 11.8. The fourth-order valence-corrected chi connectivity index (χ4v) is 5.66. The summed E-state index contributed by atoms with van der Waals surface area (Å²) in [6.45, 7) is 6.30. The summed E-state index contributed by atoms with van der Waals surface area (Å²) in [5.41, 5.74) is 3.40. The van der Waals surface area contributed by atoms with Crippen molar-refractivity contribution in [3.05, 3.63) is 101 Å². The average molecular weight is 598 g/mol. The van der Waals surface area contributed by atoms with E-state index in [-0.39, 0.29) is 43.8 Å². The summed E-state index contributed by atoms with van der Waals surface area (Å²) in [7, 11) is -3.61. The van der Waals surface area contributed by atoms with E-state index in [9.17, 15) is 18.0 Å². The van der Waals surface area contributed by atoms with Gasteiger partial charge in [0.2, 0.25) is 21.8 Å². The molecule has 9 heteroatoms. The molecule has 0 bridgehead atoms. The second-order valence-electron chi connectivity index (χ2n) is 10.4. The highest BCUT2D eigenvalue weighted by molar-refractivity contribution is 7.92. The minimum absolute atomic E-state index is 0.0434. The van der Waals surface area contributed by atoms with Gasteiger partial charge in [-0.05, 0) is 56.0 Å². The van der Waals surface area contributed by atoms with E-state index in [4.69, 9.17) is 11.6 Å². The number of hydrogen-bond acceptors (Lipinski definition) is 4. The summed E-state index contributed by atoms with van der Waals surface area (Å²) < 4.78 is 26.4. The Morgan fingerprint density at radius 3 is 2.24 bits per heavy atom. The number of aryl methyl sites for hydroxylation is 1. The summed E-state index contributed by atoms with van der Waals surface area (Å²) in [5, 5.41) is 3.49. The van der Waals surface area contributed by atoms with E-state index in [0.717, 1.165) is 29.4 Å². The van der Waals surface area contributed by atoms with Crippen LogP contribution in [0.5, 0.6) is 0 Å². The molecule has 220 valence electrons. The minimum atomic E-state index is -3.61. The maximum atomic E-state index is 13.9. The molecular formula is C32H40ClN3O4S. The number of nitrogens with zero attached hydrogens (tertiary/aromatic N) is 2. The van der Waals surface area contributed by atoms with Crippen LogP contribution in [0.25, 0.3) is 0 Å². The van der Waals surface area contributed by atoms with Crippen molar-refractivity contribution in [1.29, 1.82) is 0 Å². The number of sulfonamides is 1. The SMILES string of the molecule is CC[C@@H](C)NC(=O)[C@H](Cc1ccccc1)N(Cc1ccc(C)cc1)C(=O)CCCN(c1cccc(Cl)c1)S(C)(=O)=O. The summed E-state index contributed by atoms with van der Waals surface area (Å²) in [4.78, 5) is 29.2. The lowest BCUT2D eigenvalue weighted by atomic mass is 10.0. The van der Waals surface area contributed by atoms with E-state index >= 15 is 0 Å². The number of halogens is 1. The Bertz CT molecular complexity index is 1400. The zero-order valence-electron chi connectivity index (χ0n) is 24.2. The van der Waals surface area contributed by atoms with Gasteiger partial charge >= 0.3 is 0 Å². The molecular weight excluding hydrogens is 558 g/mol. The second-order valence-corrected chi connectivity index (χ2v) is 12.8. The first kappa shape index (κ1) is 32.2. The maximum Gasteiger partial charge on any atom is 0.243 e. The Morgan fingerprint density at radius 1 is 0.951 bits per heavy atom. The summed E-state index contributed by atoms with van der Waals surface area (Å²) in [6.07, 6.45) is 2.60. The normalized spacial score (nSPS) is 12.8. The second kappa shape index (κ2) is 15.0. The van der Waals surface area contributed by atoms with Crippen molar-refractivity contribution >= 4 is 39.1 Å². The average Bonchev–Trinajstić information content (AvgIpc) is 2.93. The molecule has 3 aromatic carbocycles. The molecule has 0 aliphatic carbocycles. The highest BCUT2D eigenvalue weighted by atomic mass is 35.5. The van der Waals surface area contributed by atoms with E-state index in [0.29, 0.717) is 17.1 Å². The Labute approximate surface area is 249 Å². The van der Waals surface area contributed by atoms with Crippen molar-refractivity contribution in [2.45, 2.75) is 65.1 Å². The standard InChI is InChI=1S/C32H40ClN3O4S/c1-5-25(3)34-32(38)30(21-26-11-7-6-8-12-26)35(23-27-18-16-24(2)17-19-27)31(37)15-10-20-36(41(4,39)40)29-14-9-13-28(33)22-29/h6-9,11-14,16-19,22,25,30H,5,10,15,20-21,23H2,1-4H3,(H,34,38)/t25-,30+/m1/s1. The molecule has 0 saturated carbocycles. The molecule has 7 nitrogen and oxygen atoms in total. The predicted molar refractivity (Wildman–Crippen MR) is 166 cm³/mol. The molecule has 0 aromatic heterocycles. The summed E-state index contributed by atoms with van der Waals surface area (Å²) in [6, 6.07) is 23.4. The maximum absolute atomic E-state index is 13.9. The molecule has 0 aliphatic heterocycles. The molecule has 0 fully saturated rings. The van der Waals surface area contributed by atoms with Crippen LogP contribution in [0.2, 0.25) is 5.02 Å². The summed E-state index contributed by atoms with van der Waals surface area (Å²) >= 11 is 6.11. The van der Waals surface area contributed by atoms with Crippen molar-refractivity contribution in [1.82, 2.24) is 10.2 Å². The number of carbonyl (C=O) groups excluding carboxylic acids is 2. The molecule has 0 spiro atoms. The number of anilines is 1. The third kappa shape index (κ3) is 9.90. The first-order valence-electron chi connectivity index (χ1n) is 13.9. The topological polar surface area (TPSA) is 86.8 Å². The third-order valence-corrected chi connectivity index (χ3v) is 8.42. The van der Waals surface area contributed by atoms with E-state index in [2.05, 4.69) is 5.32 Å². The van der Waals surface area contributed by atoms with Crippen molar-refractivity contribution < 1.29 is 18.0 Å². The lowest BCUT2D eigenvalue weighted by Crippen LogP contribution is -2.52. The van der Waals surface area contributed by atoms with Crippen LogP contribution in [0.15, 0.2) is 78.9 Å². The predicted octanol–water partition coefficient (Wildman–Crippen LogP) is 5.75. The third-order valence-electron chi connectivity index (χ3n) is 6.99. The fourth-order valence-electron chi connectivity index (χ4n) is 4.52. The number of rotatable bonds is 14. The van der Waals surface area contributed by atoms with Crippen LogP contribution in [0.4, 0.5) is 5.69 Å². The molecule has 0 aliphatic rings. The van der Waals surface area contributed by atoms with Crippen molar-refractivity contribution in [3.8, 4) is 0 Å². The molecule has 0 unspecified atom stereocenters. The molecule has 41 heavy (non-hydrogen) atoms. The largest absolute Gasteiger partial charge is 0.352 e. The Morgan fingerprint density at radius 2 is 1.63 bits per heavy atom. The lowest BCUT2D eigenvalue weighted by Gasteiger charge is -2.32. The van der Waals surface area contributed by atoms with Gasteiger partial charge in [0.15, 0.2) is 0 Å². The van der Waals surface area contributed by atoms with Crippen LogP contribution in [-0.4, -0.2) is 50.0 Å². The van der Waals surface area contributed by atoms with Gasteiger partial charge in [0.05, 0.1) is 11.9 Å². The van der Waals surface area contributed by atoms with Crippen molar-refractivity contribution in [2.75, 3.05) is 17.1 Å². The highest BCUT2D eigenvalue weighted by Crippen LogP contribution is 2.23. The van der Waals surface area contributed by atoms with Crippen LogP contribution in [0, 0.1) is 6.92 Å². The van der Waals surface area contributed by atoms with Crippen LogP contribution in [-0.2, 0) is 32.6 Å². The van der Waals surface area contributed by atoms with Crippen molar-refractivity contribution in [2.24, 2.45) is 0 Å². The molecule has 0 radical (unpaired) electrons. The van der Waals surface area contributed by atoms with Gasteiger partial charge in [-0.2, -0.15) is 0 Å². The molecule has 3 rings (SSSR count). The van der Waals surface area contributed by atoms with Gasteiger partial charge in [0.25, 0.3) is 0 Å². The van der Waals surface area contributed by atoms with E-state index < -0.39 is 16.1 Å². The van der Waals surface area contributed by atoms with Gasteiger partial charge < -0.3 is 10.2 Å². The van der Waals surface area contributed by atoms with Gasteiger partial charge in [-0.15, -0.1) is 0 Å². The minimum Gasteiger partial charge on any atom is -0.352 e. The molecule has 2 atom stereocenters. The van der Waals surface area contributed by atoms with Crippen LogP contribution in [0.1, 0.15) is 49.8 Å². The first-order valence-corrected chi connectivity index (χ1v) is 16.1. The van der Waals surface area contributed by atoms with Gasteiger partial charge in [0, 0.05) is 37.0 Å². The van der Waals surface area contributed by atoms with Gasteiger partial charge in [-0.25, -0.2) is 8.42 Å². The van der Waals surface area contributed by atoms with E-state index in [1.54, 1.807) is 29.2 Å². The number of hydrogen-bond donors (Lipinski definition) is 1. The van der Waals surface area contributed by atoms with Crippen LogP contribution >= 0.6 is 11.6 Å². The van der Waals surface area contributed by atoms with Crippen LogP contribution in [0.3, 0.4) is 0 Å². The molecule has 3 aromatic rings. The summed E-state index contributed by atoms with van der Waals surface area (Å²) in [5.74, 6) is -0.425. The lowest BCUT2D eigenvalue weighted by molar-refractivity contribution is -0.141. The fraction of sp³-hybridized carbons (Fsp3) is 0.375. The van der Waals surface area contributed by atoms with Gasteiger partial charge in [-0.3, -0.25) is 13.9 Å². The number of benzene rings is 3. The van der Waals surface area contributed by atoms with E-state index in [1.165, 1.54) is 4.31 Å². The molecule has 0 heterocycles.